The number of aromatic nitrogens is 1. The molecule has 0 radical (unpaired) electrons. The number of aliphatic hydroxyl groups excluding tert-OH is 1. The highest BCUT2D eigenvalue weighted by Gasteiger charge is 2.21. The highest BCUT2D eigenvalue weighted by Crippen LogP contribution is 2.34. The third-order valence-corrected chi connectivity index (χ3v) is 4.91. The summed E-state index contributed by atoms with van der Waals surface area (Å²) in [5.41, 5.74) is 2.02. The summed E-state index contributed by atoms with van der Waals surface area (Å²) in [5.74, 6) is 0.727. The molecule has 1 aliphatic heterocycles. The van der Waals surface area contributed by atoms with E-state index < -0.39 is 0 Å². The molecular formula is C16H20N2OS. The molecule has 0 aliphatic carbocycles. The molecule has 1 N–H and O–H groups in total. The van der Waals surface area contributed by atoms with Crippen molar-refractivity contribution < 1.29 is 5.11 Å². The van der Waals surface area contributed by atoms with Crippen LogP contribution in [0.2, 0.25) is 0 Å². The number of aliphatic hydroxyl groups is 1. The lowest BCUT2D eigenvalue weighted by Crippen LogP contribution is -2.34. The van der Waals surface area contributed by atoms with Crippen LogP contribution >= 0.6 is 11.3 Å². The van der Waals surface area contributed by atoms with E-state index in [1.54, 1.807) is 11.3 Å². The first-order valence-corrected chi connectivity index (χ1v) is 8.00. The Hall–Kier alpha value is -1.39. The molecule has 1 aromatic heterocycles. The highest BCUT2D eigenvalue weighted by atomic mass is 32.1. The average Bonchev–Trinajstić information content (AvgIpc) is 2.92. The normalized spacial score (nSPS) is 19.3. The summed E-state index contributed by atoms with van der Waals surface area (Å²) in [6.07, 6.45) is 2.54. The topological polar surface area (TPSA) is 36.4 Å². The molecule has 0 amide bonds. The van der Waals surface area contributed by atoms with E-state index in [0.717, 1.165) is 40.3 Å². The monoisotopic (exact) mass is 288 g/mol. The van der Waals surface area contributed by atoms with Gasteiger partial charge in [0.1, 0.15) is 0 Å². The van der Waals surface area contributed by atoms with E-state index in [1.807, 2.05) is 18.2 Å². The smallest absolute Gasteiger partial charge is 0.186 e. The maximum Gasteiger partial charge on any atom is 0.186 e. The molecule has 0 spiro atoms. The molecule has 1 fully saturated rings. The maximum absolute atomic E-state index is 9.60. The lowest BCUT2D eigenvalue weighted by atomic mass is 10.0. The average molecular weight is 288 g/mol. The van der Waals surface area contributed by atoms with Gasteiger partial charge >= 0.3 is 0 Å². The summed E-state index contributed by atoms with van der Waals surface area (Å²) in [5, 5.41) is 10.7. The van der Waals surface area contributed by atoms with E-state index in [1.165, 1.54) is 12.8 Å². The Morgan fingerprint density at radius 2 is 2.15 bits per heavy atom. The summed E-state index contributed by atoms with van der Waals surface area (Å²) >= 11 is 1.63. The number of hydrogen-bond acceptors (Lipinski definition) is 4. The van der Waals surface area contributed by atoms with E-state index in [-0.39, 0.29) is 6.61 Å². The van der Waals surface area contributed by atoms with Crippen molar-refractivity contribution in [1.82, 2.24) is 4.98 Å². The molecule has 0 bridgehead atoms. The minimum absolute atomic E-state index is 0.0608. The second-order valence-electron chi connectivity index (χ2n) is 5.49. The van der Waals surface area contributed by atoms with Crippen LogP contribution in [0.15, 0.2) is 30.3 Å². The van der Waals surface area contributed by atoms with Gasteiger partial charge in [0.15, 0.2) is 5.13 Å². The zero-order valence-electron chi connectivity index (χ0n) is 11.7. The van der Waals surface area contributed by atoms with Crippen LogP contribution in [0.5, 0.6) is 0 Å². The van der Waals surface area contributed by atoms with E-state index >= 15 is 0 Å². The van der Waals surface area contributed by atoms with Gasteiger partial charge in [0.05, 0.1) is 17.2 Å². The summed E-state index contributed by atoms with van der Waals surface area (Å²) < 4.78 is 0. The number of thiazole rings is 1. The minimum atomic E-state index is 0.0608. The van der Waals surface area contributed by atoms with Crippen molar-refractivity contribution in [3.63, 3.8) is 0 Å². The van der Waals surface area contributed by atoms with Crippen LogP contribution in [0.3, 0.4) is 0 Å². The molecule has 3 rings (SSSR count). The minimum Gasteiger partial charge on any atom is -0.391 e. The Bertz CT molecular complexity index is 567. The van der Waals surface area contributed by atoms with Crippen molar-refractivity contribution in [2.24, 2.45) is 5.92 Å². The van der Waals surface area contributed by atoms with Crippen LogP contribution in [-0.4, -0.2) is 23.2 Å². The Morgan fingerprint density at radius 3 is 2.85 bits per heavy atom. The molecule has 20 heavy (non-hydrogen) atoms. The first-order chi connectivity index (χ1) is 9.78. The van der Waals surface area contributed by atoms with Gasteiger partial charge in [-0.15, -0.1) is 0 Å². The van der Waals surface area contributed by atoms with E-state index in [2.05, 4.69) is 24.0 Å². The molecule has 4 heteroatoms. The summed E-state index contributed by atoms with van der Waals surface area (Å²) in [6, 6.07) is 10.1. The third kappa shape index (κ3) is 2.72. The summed E-state index contributed by atoms with van der Waals surface area (Å²) in [6.45, 7) is 4.51. The first kappa shape index (κ1) is 13.6. The SMILES string of the molecule is CC1CCCN(c2nc(-c3ccccc3)c(CO)s2)C1. The van der Waals surface area contributed by atoms with Gasteiger partial charge in [0, 0.05) is 18.7 Å². The van der Waals surface area contributed by atoms with Crippen LogP contribution in [0, 0.1) is 5.92 Å². The van der Waals surface area contributed by atoms with Gasteiger partial charge in [-0.1, -0.05) is 48.6 Å². The maximum atomic E-state index is 9.60. The van der Waals surface area contributed by atoms with Gasteiger partial charge < -0.3 is 10.0 Å². The molecule has 106 valence electrons. The van der Waals surface area contributed by atoms with Crippen LogP contribution < -0.4 is 4.90 Å². The summed E-state index contributed by atoms with van der Waals surface area (Å²) in [4.78, 5) is 8.12. The number of hydrogen-bond donors (Lipinski definition) is 1. The van der Waals surface area contributed by atoms with Gasteiger partial charge in [0.2, 0.25) is 0 Å². The summed E-state index contributed by atoms with van der Waals surface area (Å²) in [7, 11) is 0. The number of rotatable bonds is 3. The van der Waals surface area contributed by atoms with Crippen molar-refractivity contribution in [2.45, 2.75) is 26.4 Å². The zero-order valence-corrected chi connectivity index (χ0v) is 12.6. The quantitative estimate of drug-likeness (QED) is 0.938. The molecule has 1 saturated heterocycles. The van der Waals surface area contributed by atoms with Crippen LogP contribution in [0.1, 0.15) is 24.6 Å². The second-order valence-corrected chi connectivity index (χ2v) is 6.55. The van der Waals surface area contributed by atoms with Gasteiger partial charge in [-0.2, -0.15) is 0 Å². The first-order valence-electron chi connectivity index (χ1n) is 7.19. The Balaban J connectivity index is 1.92. The van der Waals surface area contributed by atoms with Crippen molar-refractivity contribution in [2.75, 3.05) is 18.0 Å². The van der Waals surface area contributed by atoms with Crippen molar-refractivity contribution in [3.05, 3.63) is 35.2 Å². The van der Waals surface area contributed by atoms with Crippen molar-refractivity contribution in [1.29, 1.82) is 0 Å². The lowest BCUT2D eigenvalue weighted by Gasteiger charge is -2.30. The van der Waals surface area contributed by atoms with Crippen molar-refractivity contribution in [3.8, 4) is 11.3 Å². The van der Waals surface area contributed by atoms with E-state index in [4.69, 9.17) is 4.98 Å². The molecule has 1 aromatic carbocycles. The fourth-order valence-electron chi connectivity index (χ4n) is 2.77. The standard InChI is InChI=1S/C16H20N2OS/c1-12-6-5-9-18(10-12)16-17-15(14(11-19)20-16)13-7-3-2-4-8-13/h2-4,7-8,12,19H,5-6,9-11H2,1H3. The van der Waals surface area contributed by atoms with Crippen LogP contribution in [0.4, 0.5) is 5.13 Å². The van der Waals surface area contributed by atoms with Gasteiger partial charge in [-0.05, 0) is 18.8 Å². The number of nitrogens with zero attached hydrogens (tertiary/aromatic N) is 2. The molecule has 1 atom stereocenters. The van der Waals surface area contributed by atoms with E-state index in [0.29, 0.717) is 0 Å². The Kier molecular flexibility index (Phi) is 4.03. The Morgan fingerprint density at radius 1 is 1.35 bits per heavy atom. The molecule has 2 aromatic rings. The van der Waals surface area contributed by atoms with Gasteiger partial charge in [-0.3, -0.25) is 0 Å². The number of piperidine rings is 1. The van der Waals surface area contributed by atoms with Gasteiger partial charge in [0.25, 0.3) is 0 Å². The molecule has 3 nitrogen and oxygen atoms in total. The molecule has 0 saturated carbocycles. The van der Waals surface area contributed by atoms with Crippen LogP contribution in [-0.2, 0) is 6.61 Å². The third-order valence-electron chi connectivity index (χ3n) is 3.80. The molecule has 2 heterocycles. The largest absolute Gasteiger partial charge is 0.391 e. The molecular weight excluding hydrogens is 268 g/mol. The molecule has 1 unspecified atom stereocenters. The predicted molar refractivity (Wildman–Crippen MR) is 84.1 cm³/mol. The fraction of sp³-hybridized carbons (Fsp3) is 0.438. The molecule has 1 aliphatic rings. The van der Waals surface area contributed by atoms with Gasteiger partial charge in [-0.25, -0.2) is 4.98 Å². The Labute approximate surface area is 123 Å². The number of benzene rings is 1. The van der Waals surface area contributed by atoms with Crippen LogP contribution in [0.25, 0.3) is 11.3 Å². The van der Waals surface area contributed by atoms with Crippen molar-refractivity contribution >= 4 is 16.5 Å². The zero-order chi connectivity index (χ0) is 13.9. The fourth-order valence-corrected chi connectivity index (χ4v) is 3.74. The predicted octanol–water partition coefficient (Wildman–Crippen LogP) is 3.54. The second kappa shape index (κ2) is 5.94. The number of anilines is 1. The lowest BCUT2D eigenvalue weighted by molar-refractivity contribution is 0.286. The highest BCUT2D eigenvalue weighted by molar-refractivity contribution is 7.16. The van der Waals surface area contributed by atoms with E-state index in [9.17, 15) is 5.11 Å².